The molecular weight excluding hydrogens is 375 g/mol. The Morgan fingerprint density at radius 2 is 1.68 bits per heavy atom. The van der Waals surface area contributed by atoms with Gasteiger partial charge in [-0.15, -0.1) is 13.2 Å². The van der Waals surface area contributed by atoms with Crippen LogP contribution >= 0.6 is 11.6 Å². The highest BCUT2D eigenvalue weighted by Gasteiger charge is 2.35. The van der Waals surface area contributed by atoms with Crippen LogP contribution in [0.4, 0.5) is 27.8 Å². The fourth-order valence-electron chi connectivity index (χ4n) is 1.56. The van der Waals surface area contributed by atoms with Crippen LogP contribution in [0.5, 0.6) is 5.75 Å². The van der Waals surface area contributed by atoms with Crippen molar-refractivity contribution in [1.82, 2.24) is 15.4 Å². The van der Waals surface area contributed by atoms with Crippen molar-refractivity contribution in [3.63, 3.8) is 0 Å². The molecule has 0 atom stereocenters. The summed E-state index contributed by atoms with van der Waals surface area (Å²) >= 11 is 4.51. The second kappa shape index (κ2) is 7.05. The molecule has 0 fully saturated rings. The van der Waals surface area contributed by atoms with Crippen molar-refractivity contribution in [3.05, 3.63) is 36.7 Å². The molecule has 0 unspecified atom stereocenters. The number of nitrogens with zero attached hydrogens (tertiary/aromatic N) is 2. The SMILES string of the molecule is O=C(NNc1cnc(-c2ccc(OC(F)(F)F)cc2)cn1)C(F)(F)Cl. The molecule has 0 aliphatic carbocycles. The first-order chi connectivity index (χ1) is 11.5. The Balaban J connectivity index is 2.01. The Labute approximate surface area is 141 Å². The van der Waals surface area contributed by atoms with Gasteiger partial charge in [-0.25, -0.2) is 4.98 Å². The third-order valence-electron chi connectivity index (χ3n) is 2.60. The second-order valence-corrected chi connectivity index (χ2v) is 4.91. The fraction of sp³-hybridized carbons (Fsp3) is 0.154. The lowest BCUT2D eigenvalue weighted by Crippen LogP contribution is -2.39. The number of benzene rings is 1. The summed E-state index contributed by atoms with van der Waals surface area (Å²) < 4.78 is 64.8. The average molecular weight is 383 g/mol. The topological polar surface area (TPSA) is 76.1 Å². The molecule has 1 amide bonds. The van der Waals surface area contributed by atoms with E-state index in [2.05, 4.69) is 31.7 Å². The Morgan fingerprint density at radius 3 is 2.16 bits per heavy atom. The number of carbonyl (C=O) groups is 1. The number of nitrogens with one attached hydrogen (secondary N) is 2. The van der Waals surface area contributed by atoms with Crippen LogP contribution in [-0.2, 0) is 4.79 Å². The van der Waals surface area contributed by atoms with Crippen LogP contribution < -0.4 is 15.6 Å². The third kappa shape index (κ3) is 5.71. The van der Waals surface area contributed by atoms with Gasteiger partial charge in [-0.2, -0.15) is 8.78 Å². The van der Waals surface area contributed by atoms with Crippen LogP contribution in [0.1, 0.15) is 0 Å². The number of rotatable bonds is 5. The maximum Gasteiger partial charge on any atom is 0.573 e. The van der Waals surface area contributed by atoms with E-state index in [4.69, 9.17) is 0 Å². The Hall–Kier alpha value is -2.69. The molecule has 0 aliphatic rings. The molecule has 0 saturated carbocycles. The van der Waals surface area contributed by atoms with Crippen LogP contribution in [0.3, 0.4) is 0 Å². The number of hydrogen-bond donors (Lipinski definition) is 2. The number of ether oxygens (including phenoxy) is 1. The van der Waals surface area contributed by atoms with Gasteiger partial charge in [0.15, 0.2) is 5.82 Å². The molecule has 12 heteroatoms. The molecule has 1 aromatic heterocycles. The minimum Gasteiger partial charge on any atom is -0.406 e. The first kappa shape index (κ1) is 18.6. The van der Waals surface area contributed by atoms with E-state index < -0.39 is 23.4 Å². The predicted octanol–water partition coefficient (Wildman–Crippen LogP) is 3.32. The number of hydrazine groups is 1. The number of aromatic nitrogens is 2. The molecule has 0 spiro atoms. The summed E-state index contributed by atoms with van der Waals surface area (Å²) in [7, 11) is 0. The van der Waals surface area contributed by atoms with Gasteiger partial charge in [0.05, 0.1) is 18.1 Å². The number of halogens is 6. The van der Waals surface area contributed by atoms with Crippen LogP contribution in [0.25, 0.3) is 11.3 Å². The maximum atomic E-state index is 12.4. The number of carbonyl (C=O) groups excluding carboxylic acids is 1. The van der Waals surface area contributed by atoms with E-state index in [-0.39, 0.29) is 11.5 Å². The summed E-state index contributed by atoms with van der Waals surface area (Å²) in [5, 5.41) is -4.08. The normalized spacial score (nSPS) is 11.8. The Morgan fingerprint density at radius 1 is 1.04 bits per heavy atom. The van der Waals surface area contributed by atoms with E-state index in [0.717, 1.165) is 18.3 Å². The molecule has 0 radical (unpaired) electrons. The Bertz CT molecular complexity index is 732. The first-order valence-corrected chi connectivity index (χ1v) is 6.74. The van der Waals surface area contributed by atoms with Crippen LogP contribution in [0.2, 0.25) is 0 Å². The molecule has 0 aliphatic heterocycles. The van der Waals surface area contributed by atoms with Crippen molar-refractivity contribution in [2.45, 2.75) is 11.7 Å². The quantitative estimate of drug-likeness (QED) is 0.471. The molecular formula is C13H8ClF5N4O2. The van der Waals surface area contributed by atoms with Crippen molar-refractivity contribution < 1.29 is 31.5 Å². The minimum absolute atomic E-state index is 0.0601. The predicted molar refractivity (Wildman–Crippen MR) is 76.7 cm³/mol. The molecule has 6 nitrogen and oxygen atoms in total. The van der Waals surface area contributed by atoms with E-state index >= 15 is 0 Å². The van der Waals surface area contributed by atoms with Crippen molar-refractivity contribution in [2.75, 3.05) is 5.43 Å². The van der Waals surface area contributed by atoms with Gasteiger partial charge in [-0.05, 0) is 35.9 Å². The molecule has 1 aromatic carbocycles. The Kier molecular flexibility index (Phi) is 5.26. The summed E-state index contributed by atoms with van der Waals surface area (Å²) in [6, 6.07) is 4.85. The summed E-state index contributed by atoms with van der Waals surface area (Å²) in [4.78, 5) is 18.6. The number of anilines is 1. The highest BCUT2D eigenvalue weighted by molar-refractivity contribution is 6.32. The van der Waals surface area contributed by atoms with Crippen molar-refractivity contribution in [3.8, 4) is 17.0 Å². The standard InChI is InChI=1S/C13H8ClF5N4O2/c14-12(15,16)11(24)23-22-10-6-20-9(5-21-10)7-1-3-8(4-2-7)25-13(17,18)19/h1-6H,(H,21,22)(H,23,24). The zero-order valence-electron chi connectivity index (χ0n) is 11.9. The molecule has 2 aromatic rings. The molecule has 2 N–H and O–H groups in total. The van der Waals surface area contributed by atoms with Gasteiger partial charge < -0.3 is 4.74 Å². The lowest BCUT2D eigenvalue weighted by atomic mass is 10.1. The lowest BCUT2D eigenvalue weighted by Gasteiger charge is -2.11. The van der Waals surface area contributed by atoms with Crippen molar-refractivity contribution >= 4 is 23.3 Å². The molecule has 134 valence electrons. The van der Waals surface area contributed by atoms with E-state index in [0.29, 0.717) is 5.56 Å². The largest absolute Gasteiger partial charge is 0.573 e. The zero-order chi connectivity index (χ0) is 18.7. The number of amides is 1. The lowest BCUT2D eigenvalue weighted by molar-refractivity contribution is -0.274. The molecule has 0 bridgehead atoms. The maximum absolute atomic E-state index is 12.4. The van der Waals surface area contributed by atoms with Gasteiger partial charge in [0, 0.05) is 5.56 Å². The molecule has 0 saturated heterocycles. The van der Waals surface area contributed by atoms with Gasteiger partial charge in [0.2, 0.25) is 0 Å². The first-order valence-electron chi connectivity index (χ1n) is 6.36. The summed E-state index contributed by atoms with van der Waals surface area (Å²) in [5.41, 5.74) is 4.44. The smallest absolute Gasteiger partial charge is 0.406 e. The summed E-state index contributed by atoms with van der Waals surface area (Å²) in [5.74, 6) is -2.23. The molecule has 1 heterocycles. The summed E-state index contributed by atoms with van der Waals surface area (Å²) in [6.45, 7) is 0. The van der Waals surface area contributed by atoms with Gasteiger partial charge in [-0.3, -0.25) is 20.6 Å². The highest BCUT2D eigenvalue weighted by Crippen LogP contribution is 2.25. The monoisotopic (exact) mass is 382 g/mol. The third-order valence-corrected chi connectivity index (χ3v) is 2.77. The van der Waals surface area contributed by atoms with Crippen molar-refractivity contribution in [2.24, 2.45) is 0 Å². The van der Waals surface area contributed by atoms with Gasteiger partial charge in [0.25, 0.3) is 0 Å². The molecule has 2 rings (SSSR count). The number of alkyl halides is 6. The van der Waals surface area contributed by atoms with E-state index in [9.17, 15) is 26.7 Å². The zero-order valence-corrected chi connectivity index (χ0v) is 12.7. The number of hydrogen-bond acceptors (Lipinski definition) is 5. The average Bonchev–Trinajstić information content (AvgIpc) is 2.51. The highest BCUT2D eigenvalue weighted by atomic mass is 35.5. The van der Waals surface area contributed by atoms with E-state index in [1.807, 2.05) is 0 Å². The van der Waals surface area contributed by atoms with Gasteiger partial charge in [0.1, 0.15) is 5.75 Å². The van der Waals surface area contributed by atoms with Gasteiger partial charge >= 0.3 is 17.7 Å². The van der Waals surface area contributed by atoms with Crippen molar-refractivity contribution in [1.29, 1.82) is 0 Å². The summed E-state index contributed by atoms with van der Waals surface area (Å²) in [6.07, 6.45) is -2.46. The molecule has 25 heavy (non-hydrogen) atoms. The van der Waals surface area contributed by atoms with E-state index in [1.54, 1.807) is 5.43 Å². The van der Waals surface area contributed by atoms with Crippen LogP contribution in [-0.4, -0.2) is 27.6 Å². The van der Waals surface area contributed by atoms with Crippen LogP contribution in [0, 0.1) is 0 Å². The van der Waals surface area contributed by atoms with Gasteiger partial charge in [-0.1, -0.05) is 0 Å². The fourth-order valence-corrected chi connectivity index (χ4v) is 1.61. The van der Waals surface area contributed by atoms with E-state index in [1.165, 1.54) is 18.3 Å². The van der Waals surface area contributed by atoms with Crippen LogP contribution in [0.15, 0.2) is 36.7 Å². The second-order valence-electron chi connectivity index (χ2n) is 4.44. The minimum atomic E-state index is -4.79.